The second kappa shape index (κ2) is 6.66. The Labute approximate surface area is 133 Å². The third kappa shape index (κ3) is 3.78. The molecule has 21 heavy (non-hydrogen) atoms. The van der Waals surface area contributed by atoms with Crippen molar-refractivity contribution in [3.05, 3.63) is 34.9 Å². The number of benzene rings is 1. The number of hydrazine groups is 1. The van der Waals surface area contributed by atoms with E-state index < -0.39 is 0 Å². The van der Waals surface area contributed by atoms with Crippen LogP contribution in [-0.2, 0) is 11.2 Å². The van der Waals surface area contributed by atoms with Gasteiger partial charge in [0, 0.05) is 12.1 Å². The zero-order valence-electron chi connectivity index (χ0n) is 13.3. The average molecular weight is 311 g/mol. The third-order valence-electron chi connectivity index (χ3n) is 5.07. The topological polar surface area (TPSA) is 47.3 Å². The first-order valence-corrected chi connectivity index (χ1v) is 8.05. The number of nitrogens with one attached hydrogen (secondary N) is 1. The molecule has 1 aromatic rings. The van der Waals surface area contributed by atoms with Gasteiger partial charge in [-0.2, -0.15) is 0 Å². The Bertz CT molecular complexity index is 466. The van der Waals surface area contributed by atoms with Gasteiger partial charge in [-0.25, -0.2) is 0 Å². The first-order chi connectivity index (χ1) is 9.92. The Hall–Kier alpha value is -0.610. The number of ether oxygens (including phenoxy) is 1. The molecule has 0 spiro atoms. The molecule has 3 nitrogen and oxygen atoms in total. The van der Waals surface area contributed by atoms with Crippen molar-refractivity contribution in [3.63, 3.8) is 0 Å². The van der Waals surface area contributed by atoms with Gasteiger partial charge in [-0.05, 0) is 49.1 Å². The van der Waals surface area contributed by atoms with E-state index >= 15 is 0 Å². The SMILES string of the molecule is COC1(C(Cc2ccccc2Cl)NN)CCC(C)(C)CC1. The van der Waals surface area contributed by atoms with Gasteiger partial charge in [-0.3, -0.25) is 11.3 Å². The van der Waals surface area contributed by atoms with Gasteiger partial charge in [0.2, 0.25) is 0 Å². The molecule has 0 saturated heterocycles. The molecular weight excluding hydrogens is 284 g/mol. The highest BCUT2D eigenvalue weighted by Crippen LogP contribution is 2.44. The van der Waals surface area contributed by atoms with Gasteiger partial charge in [0.15, 0.2) is 0 Å². The van der Waals surface area contributed by atoms with Gasteiger partial charge in [0.1, 0.15) is 0 Å². The van der Waals surface area contributed by atoms with Crippen LogP contribution in [0, 0.1) is 5.41 Å². The number of methoxy groups -OCH3 is 1. The summed E-state index contributed by atoms with van der Waals surface area (Å²) in [6.07, 6.45) is 5.14. The number of halogens is 1. The lowest BCUT2D eigenvalue weighted by Crippen LogP contribution is -2.57. The molecule has 4 heteroatoms. The van der Waals surface area contributed by atoms with E-state index in [0.29, 0.717) is 5.41 Å². The van der Waals surface area contributed by atoms with E-state index in [4.69, 9.17) is 22.2 Å². The van der Waals surface area contributed by atoms with Crippen LogP contribution >= 0.6 is 11.6 Å². The molecule has 2 rings (SSSR count). The lowest BCUT2D eigenvalue weighted by Gasteiger charge is -2.47. The summed E-state index contributed by atoms with van der Waals surface area (Å²) in [5.74, 6) is 5.86. The van der Waals surface area contributed by atoms with Crippen molar-refractivity contribution in [1.82, 2.24) is 5.43 Å². The van der Waals surface area contributed by atoms with Crippen molar-refractivity contribution in [1.29, 1.82) is 0 Å². The summed E-state index contributed by atoms with van der Waals surface area (Å²) in [6.45, 7) is 4.65. The summed E-state index contributed by atoms with van der Waals surface area (Å²) in [4.78, 5) is 0. The molecule has 0 aromatic heterocycles. The maximum absolute atomic E-state index is 6.29. The summed E-state index contributed by atoms with van der Waals surface area (Å²) in [5.41, 5.74) is 4.29. The van der Waals surface area contributed by atoms with Crippen LogP contribution in [0.25, 0.3) is 0 Å². The van der Waals surface area contributed by atoms with Crippen LogP contribution in [0.15, 0.2) is 24.3 Å². The van der Waals surface area contributed by atoms with Gasteiger partial charge in [-0.15, -0.1) is 0 Å². The van der Waals surface area contributed by atoms with E-state index in [0.717, 1.165) is 42.7 Å². The molecular formula is C17H27ClN2O. The van der Waals surface area contributed by atoms with E-state index in [2.05, 4.69) is 25.3 Å². The van der Waals surface area contributed by atoms with Crippen molar-refractivity contribution in [3.8, 4) is 0 Å². The summed E-state index contributed by atoms with van der Waals surface area (Å²) in [6, 6.07) is 8.01. The van der Waals surface area contributed by atoms with Crippen molar-refractivity contribution in [2.24, 2.45) is 11.3 Å². The van der Waals surface area contributed by atoms with Crippen LogP contribution in [-0.4, -0.2) is 18.8 Å². The van der Waals surface area contributed by atoms with Crippen molar-refractivity contribution < 1.29 is 4.74 Å². The molecule has 1 aromatic carbocycles. The molecule has 1 aliphatic rings. The zero-order chi connectivity index (χ0) is 15.5. The van der Waals surface area contributed by atoms with Gasteiger partial charge in [-0.1, -0.05) is 43.6 Å². The highest BCUT2D eigenvalue weighted by Gasteiger charge is 2.44. The summed E-state index contributed by atoms with van der Waals surface area (Å²) >= 11 is 6.29. The zero-order valence-corrected chi connectivity index (χ0v) is 14.0. The first-order valence-electron chi connectivity index (χ1n) is 7.67. The van der Waals surface area contributed by atoms with Crippen molar-refractivity contribution >= 4 is 11.6 Å². The molecule has 0 amide bonds. The molecule has 1 aliphatic carbocycles. The Balaban J connectivity index is 2.17. The van der Waals surface area contributed by atoms with Gasteiger partial charge in [0.05, 0.1) is 11.6 Å². The van der Waals surface area contributed by atoms with Crippen molar-refractivity contribution in [2.45, 2.75) is 57.6 Å². The Morgan fingerprint density at radius 3 is 2.38 bits per heavy atom. The number of hydrogen-bond donors (Lipinski definition) is 2. The molecule has 1 fully saturated rings. The minimum atomic E-state index is -0.205. The quantitative estimate of drug-likeness (QED) is 0.644. The average Bonchev–Trinajstić information content (AvgIpc) is 2.47. The maximum Gasteiger partial charge on any atom is 0.0848 e. The molecule has 3 N–H and O–H groups in total. The predicted molar refractivity (Wildman–Crippen MR) is 88.3 cm³/mol. The van der Waals surface area contributed by atoms with E-state index in [-0.39, 0.29) is 11.6 Å². The van der Waals surface area contributed by atoms with E-state index in [1.165, 1.54) is 0 Å². The minimum Gasteiger partial charge on any atom is -0.377 e. The summed E-state index contributed by atoms with van der Waals surface area (Å²) < 4.78 is 5.95. The Kier molecular flexibility index (Phi) is 5.31. The maximum atomic E-state index is 6.29. The number of hydrogen-bond acceptors (Lipinski definition) is 3. The molecule has 1 saturated carbocycles. The summed E-state index contributed by atoms with van der Waals surface area (Å²) in [5, 5.41) is 0.792. The van der Waals surface area contributed by atoms with Gasteiger partial charge in [0.25, 0.3) is 0 Å². The van der Waals surface area contributed by atoms with Crippen LogP contribution in [0.2, 0.25) is 5.02 Å². The van der Waals surface area contributed by atoms with Crippen LogP contribution in [0.1, 0.15) is 45.1 Å². The molecule has 0 bridgehead atoms. The molecule has 0 radical (unpaired) electrons. The molecule has 1 atom stereocenters. The number of nitrogens with two attached hydrogens (primary N) is 1. The van der Waals surface area contributed by atoms with E-state index in [9.17, 15) is 0 Å². The van der Waals surface area contributed by atoms with E-state index in [1.807, 2.05) is 18.2 Å². The highest BCUT2D eigenvalue weighted by molar-refractivity contribution is 6.31. The lowest BCUT2D eigenvalue weighted by molar-refractivity contribution is -0.0862. The third-order valence-corrected chi connectivity index (χ3v) is 5.44. The summed E-state index contributed by atoms with van der Waals surface area (Å²) in [7, 11) is 1.80. The molecule has 118 valence electrons. The van der Waals surface area contributed by atoms with Crippen molar-refractivity contribution in [2.75, 3.05) is 7.11 Å². The van der Waals surface area contributed by atoms with Gasteiger partial charge >= 0.3 is 0 Å². The Morgan fingerprint density at radius 1 is 1.24 bits per heavy atom. The first kappa shape index (κ1) is 16.8. The van der Waals surface area contributed by atoms with Crippen LogP contribution < -0.4 is 11.3 Å². The monoisotopic (exact) mass is 310 g/mol. The number of rotatable bonds is 5. The molecule has 0 heterocycles. The second-order valence-electron chi connectivity index (χ2n) is 6.95. The van der Waals surface area contributed by atoms with Crippen LogP contribution in [0.3, 0.4) is 0 Å². The second-order valence-corrected chi connectivity index (χ2v) is 7.36. The Morgan fingerprint density at radius 2 is 1.86 bits per heavy atom. The fourth-order valence-electron chi connectivity index (χ4n) is 3.33. The van der Waals surface area contributed by atoms with E-state index in [1.54, 1.807) is 7.11 Å². The fraction of sp³-hybridized carbons (Fsp3) is 0.647. The highest BCUT2D eigenvalue weighted by atomic mass is 35.5. The predicted octanol–water partition coefficient (Wildman–Crippen LogP) is 3.70. The minimum absolute atomic E-state index is 0.0681. The molecule has 0 aliphatic heterocycles. The normalized spacial score (nSPS) is 22.0. The van der Waals surface area contributed by atoms with Gasteiger partial charge < -0.3 is 4.74 Å². The standard InChI is InChI=1S/C17H27ClN2O/c1-16(2)8-10-17(21-3,11-9-16)15(20-19)12-13-6-4-5-7-14(13)18/h4-7,15,20H,8-12,19H2,1-3H3. The smallest absolute Gasteiger partial charge is 0.0848 e. The van der Waals surface area contributed by atoms with Crippen LogP contribution in [0.5, 0.6) is 0 Å². The van der Waals surface area contributed by atoms with Crippen LogP contribution in [0.4, 0.5) is 0 Å². The largest absolute Gasteiger partial charge is 0.377 e. The lowest BCUT2D eigenvalue weighted by atomic mass is 9.67. The fourth-order valence-corrected chi connectivity index (χ4v) is 3.54. The molecule has 1 unspecified atom stereocenters.